The molecule has 0 amide bonds. The highest BCUT2D eigenvalue weighted by Crippen LogP contribution is 2.36. The molecule has 3 heterocycles. The van der Waals surface area contributed by atoms with Gasteiger partial charge in [0.25, 0.3) is 0 Å². The number of likely N-dealkylation sites (tertiary alicyclic amines) is 2. The first kappa shape index (κ1) is 45.5. The standard InChI is InChI=1S/C46H56ClN5O9/c1-31-34(29-61-44-21-43(60-28-33-16-32(22-48)23-49-24-33)36(19-42(44)47)25-50-46(2,30-53)45(56)57)6-3-7-41(31)35-17-39(58-14-4-10-51-12-8-37(54)26-51)20-40(18-35)59-15-5-11-52-13-9-38(55)27-52/h3,6-7,16-21,23-24,37-38,50,53-55H,4-5,8-15,25-30H2,1-2H3,(H,56,57). The van der Waals surface area contributed by atoms with Crippen molar-refractivity contribution >= 4 is 17.6 Å². The van der Waals surface area contributed by atoms with Crippen molar-refractivity contribution in [2.24, 2.45) is 0 Å². The van der Waals surface area contributed by atoms with E-state index in [4.69, 9.17) is 30.5 Å². The molecular formula is C46H56ClN5O9. The molecule has 61 heavy (non-hydrogen) atoms. The van der Waals surface area contributed by atoms with Crippen LogP contribution in [-0.2, 0) is 24.6 Å². The molecule has 0 spiro atoms. The summed E-state index contributed by atoms with van der Waals surface area (Å²) in [6.45, 7) is 8.95. The molecule has 326 valence electrons. The smallest absolute Gasteiger partial charge is 0.326 e. The topological polar surface area (TPSA) is 190 Å². The maximum absolute atomic E-state index is 11.9. The van der Waals surface area contributed by atoms with Gasteiger partial charge < -0.3 is 49.2 Å². The Hall–Kier alpha value is -4.98. The lowest BCUT2D eigenvalue weighted by Gasteiger charge is -2.25. The fourth-order valence-electron chi connectivity index (χ4n) is 7.43. The number of nitriles is 1. The van der Waals surface area contributed by atoms with Gasteiger partial charge in [-0.15, -0.1) is 0 Å². The summed E-state index contributed by atoms with van der Waals surface area (Å²) in [7, 11) is 0. The third kappa shape index (κ3) is 12.8. The van der Waals surface area contributed by atoms with E-state index in [1.54, 1.807) is 24.4 Å². The molecule has 15 heteroatoms. The van der Waals surface area contributed by atoms with Crippen molar-refractivity contribution in [3.05, 3.63) is 99.8 Å². The second kappa shape index (κ2) is 21.7. The minimum atomic E-state index is -1.61. The minimum absolute atomic E-state index is 0.00989. The molecule has 6 rings (SSSR count). The van der Waals surface area contributed by atoms with Gasteiger partial charge in [0, 0.05) is 81.5 Å². The molecule has 0 saturated carbocycles. The number of aliphatic hydroxyl groups is 3. The number of halogens is 1. The monoisotopic (exact) mass is 857 g/mol. The van der Waals surface area contributed by atoms with Crippen LogP contribution in [0.1, 0.15) is 60.4 Å². The van der Waals surface area contributed by atoms with Gasteiger partial charge in [-0.1, -0.05) is 29.8 Å². The van der Waals surface area contributed by atoms with Gasteiger partial charge in [-0.3, -0.25) is 15.1 Å². The van der Waals surface area contributed by atoms with E-state index in [0.717, 1.165) is 74.1 Å². The lowest BCUT2D eigenvalue weighted by molar-refractivity contribution is -0.145. The molecule has 0 radical (unpaired) electrons. The number of benzene rings is 3. The summed E-state index contributed by atoms with van der Waals surface area (Å²) in [6.07, 6.45) is 5.79. The number of pyridine rings is 1. The molecule has 5 N–H and O–H groups in total. The molecule has 0 bridgehead atoms. The first-order chi connectivity index (χ1) is 29.4. The summed E-state index contributed by atoms with van der Waals surface area (Å²) in [5.74, 6) is 0.892. The number of carboxylic acids is 1. The highest BCUT2D eigenvalue weighted by atomic mass is 35.5. The predicted octanol–water partition coefficient (Wildman–Crippen LogP) is 5.34. The van der Waals surface area contributed by atoms with Crippen molar-refractivity contribution in [2.45, 2.75) is 77.0 Å². The van der Waals surface area contributed by atoms with Gasteiger partial charge in [0.15, 0.2) is 0 Å². The Balaban J connectivity index is 1.19. The molecule has 3 atom stereocenters. The average molecular weight is 858 g/mol. The summed E-state index contributed by atoms with van der Waals surface area (Å²) in [5.41, 5.74) is 3.76. The Morgan fingerprint density at radius 3 is 2.15 bits per heavy atom. The SMILES string of the molecule is Cc1c(COc2cc(OCc3cncc(C#N)c3)c(CNC(C)(CO)C(=O)O)cc2Cl)cccc1-c1cc(OCCCN2CCC(O)C2)cc(OCCCN2CCC(O)C2)c1. The number of carboxylic acid groups (broad SMARTS) is 1. The Kier molecular flexibility index (Phi) is 16.2. The number of hydrogen-bond donors (Lipinski definition) is 5. The number of nitrogens with zero attached hydrogens (tertiary/aromatic N) is 4. The van der Waals surface area contributed by atoms with E-state index in [0.29, 0.717) is 66.0 Å². The van der Waals surface area contributed by atoms with Crippen LogP contribution >= 0.6 is 11.6 Å². The molecule has 2 aliphatic rings. The van der Waals surface area contributed by atoms with Crippen LogP contribution in [-0.4, -0.2) is 118 Å². The molecule has 2 aliphatic heterocycles. The highest BCUT2D eigenvalue weighted by Gasteiger charge is 2.32. The van der Waals surface area contributed by atoms with Crippen LogP contribution in [0.2, 0.25) is 5.02 Å². The van der Waals surface area contributed by atoms with Gasteiger partial charge in [-0.2, -0.15) is 5.26 Å². The van der Waals surface area contributed by atoms with Crippen molar-refractivity contribution in [3.8, 4) is 40.2 Å². The van der Waals surface area contributed by atoms with Crippen molar-refractivity contribution < 1.29 is 44.2 Å². The summed E-state index contributed by atoms with van der Waals surface area (Å²) in [5, 5.41) is 51.9. The van der Waals surface area contributed by atoms with Crippen LogP contribution in [0.25, 0.3) is 11.1 Å². The summed E-state index contributed by atoms with van der Waals surface area (Å²) < 4.78 is 25.1. The van der Waals surface area contributed by atoms with Crippen molar-refractivity contribution in [1.29, 1.82) is 5.26 Å². The number of rotatable bonds is 22. The summed E-state index contributed by atoms with van der Waals surface area (Å²) in [6, 6.07) is 19.0. The van der Waals surface area contributed by atoms with Crippen molar-refractivity contribution in [1.82, 2.24) is 20.1 Å². The third-order valence-electron chi connectivity index (χ3n) is 11.2. The minimum Gasteiger partial charge on any atom is -0.493 e. The first-order valence-corrected chi connectivity index (χ1v) is 21.1. The van der Waals surface area contributed by atoms with E-state index < -0.39 is 18.1 Å². The molecule has 1 aromatic heterocycles. The zero-order valence-electron chi connectivity index (χ0n) is 34.8. The van der Waals surface area contributed by atoms with E-state index >= 15 is 0 Å². The Bertz CT molecular complexity index is 2100. The molecule has 3 aromatic carbocycles. The van der Waals surface area contributed by atoms with Gasteiger partial charge in [-0.05, 0) is 86.1 Å². The van der Waals surface area contributed by atoms with Crippen LogP contribution in [0.4, 0.5) is 0 Å². The molecule has 14 nitrogen and oxygen atoms in total. The van der Waals surface area contributed by atoms with Gasteiger partial charge in [0.2, 0.25) is 0 Å². The zero-order chi connectivity index (χ0) is 43.4. The number of carbonyl (C=O) groups is 1. The highest BCUT2D eigenvalue weighted by molar-refractivity contribution is 6.32. The number of hydrogen-bond acceptors (Lipinski definition) is 13. The van der Waals surface area contributed by atoms with E-state index in [2.05, 4.69) is 26.2 Å². The van der Waals surface area contributed by atoms with Gasteiger partial charge >= 0.3 is 5.97 Å². The van der Waals surface area contributed by atoms with E-state index in [-0.39, 0.29) is 37.0 Å². The second-order valence-electron chi connectivity index (χ2n) is 16.0. The molecule has 4 aromatic rings. The molecular weight excluding hydrogens is 802 g/mol. The maximum Gasteiger partial charge on any atom is 0.326 e. The second-order valence-corrected chi connectivity index (χ2v) is 16.4. The van der Waals surface area contributed by atoms with Crippen LogP contribution in [0.5, 0.6) is 23.0 Å². The van der Waals surface area contributed by atoms with Crippen molar-refractivity contribution in [2.75, 3.05) is 59.1 Å². The van der Waals surface area contributed by atoms with Crippen LogP contribution < -0.4 is 24.3 Å². The Morgan fingerprint density at radius 2 is 1.56 bits per heavy atom. The van der Waals surface area contributed by atoms with E-state index in [1.807, 2.05) is 43.3 Å². The normalized spacial score (nSPS) is 17.8. The fourth-order valence-corrected chi connectivity index (χ4v) is 7.67. The Morgan fingerprint density at radius 1 is 0.902 bits per heavy atom. The largest absolute Gasteiger partial charge is 0.493 e. The molecule has 0 aliphatic carbocycles. The number of β-amino-alcohol motifs (C(OH)–C–C–N with tert-alkyl or cyclic N) is 2. The Labute approximate surface area is 362 Å². The third-order valence-corrected chi connectivity index (χ3v) is 11.5. The number of ether oxygens (including phenoxy) is 4. The summed E-state index contributed by atoms with van der Waals surface area (Å²) >= 11 is 6.79. The van der Waals surface area contributed by atoms with Crippen LogP contribution in [0.15, 0.2) is 67.0 Å². The zero-order valence-corrected chi connectivity index (χ0v) is 35.6. The molecule has 2 saturated heterocycles. The molecule has 3 unspecified atom stereocenters. The maximum atomic E-state index is 11.9. The van der Waals surface area contributed by atoms with Gasteiger partial charge in [0.1, 0.15) is 47.8 Å². The van der Waals surface area contributed by atoms with E-state index in [1.165, 1.54) is 13.1 Å². The van der Waals surface area contributed by atoms with Gasteiger partial charge in [-0.25, -0.2) is 0 Å². The predicted molar refractivity (Wildman–Crippen MR) is 230 cm³/mol. The number of aromatic nitrogens is 1. The first-order valence-electron chi connectivity index (χ1n) is 20.7. The van der Waals surface area contributed by atoms with E-state index in [9.17, 15) is 30.5 Å². The van der Waals surface area contributed by atoms with Crippen LogP contribution in [0.3, 0.4) is 0 Å². The van der Waals surface area contributed by atoms with Crippen molar-refractivity contribution in [3.63, 3.8) is 0 Å². The number of aliphatic carboxylic acids is 1. The lowest BCUT2D eigenvalue weighted by atomic mass is 9.96. The van der Waals surface area contributed by atoms with Crippen LogP contribution in [0, 0.1) is 18.3 Å². The summed E-state index contributed by atoms with van der Waals surface area (Å²) in [4.78, 5) is 20.5. The molecule has 2 fully saturated rings. The lowest BCUT2D eigenvalue weighted by Crippen LogP contribution is -2.52. The quantitative estimate of drug-likeness (QED) is 0.0638. The number of aliphatic hydroxyl groups excluding tert-OH is 3. The van der Waals surface area contributed by atoms with Gasteiger partial charge in [0.05, 0.1) is 42.6 Å². The number of nitrogens with one attached hydrogen (secondary N) is 1. The fraction of sp³-hybridized carbons (Fsp3) is 0.457. The average Bonchev–Trinajstić information content (AvgIpc) is 3.88.